The van der Waals surface area contributed by atoms with Gasteiger partial charge in [0.25, 0.3) is 5.69 Å². The van der Waals surface area contributed by atoms with Gasteiger partial charge < -0.3 is 15.7 Å². The Morgan fingerprint density at radius 1 is 1.50 bits per heavy atom. The van der Waals surface area contributed by atoms with E-state index < -0.39 is 28.1 Å². The summed E-state index contributed by atoms with van der Waals surface area (Å²) in [6, 6.07) is 3.58. The average molecular weight is 253 g/mol. The molecule has 0 aliphatic heterocycles. The van der Waals surface area contributed by atoms with Gasteiger partial charge in [-0.1, -0.05) is 0 Å². The third-order valence-corrected chi connectivity index (χ3v) is 2.24. The Morgan fingerprint density at radius 3 is 2.56 bits per heavy atom. The molecule has 1 amide bonds. The van der Waals surface area contributed by atoms with E-state index in [9.17, 15) is 19.7 Å². The van der Waals surface area contributed by atoms with Crippen LogP contribution in [0.4, 0.5) is 11.4 Å². The molecule has 3 N–H and O–H groups in total. The summed E-state index contributed by atoms with van der Waals surface area (Å²) in [5.74, 6) is -1.98. The number of benzene rings is 1. The van der Waals surface area contributed by atoms with Gasteiger partial charge in [0, 0.05) is 18.8 Å². The molecule has 8 nitrogen and oxygen atoms in total. The molecule has 0 radical (unpaired) electrons. The van der Waals surface area contributed by atoms with Crippen molar-refractivity contribution in [1.82, 2.24) is 0 Å². The Kier molecular flexibility index (Phi) is 3.82. The minimum atomic E-state index is -1.38. The van der Waals surface area contributed by atoms with Crippen LogP contribution in [0.15, 0.2) is 18.2 Å². The molecule has 1 aromatic carbocycles. The molecule has 18 heavy (non-hydrogen) atoms. The van der Waals surface area contributed by atoms with Gasteiger partial charge in [0.05, 0.1) is 11.5 Å². The lowest BCUT2D eigenvalue weighted by molar-refractivity contribution is -0.385. The van der Waals surface area contributed by atoms with Crippen LogP contribution in [-0.2, 0) is 4.79 Å². The number of nitrogens with two attached hydrogens (primary N) is 1. The van der Waals surface area contributed by atoms with Crippen molar-refractivity contribution in [2.45, 2.75) is 0 Å². The van der Waals surface area contributed by atoms with Gasteiger partial charge in [0.1, 0.15) is 5.56 Å². The highest BCUT2D eigenvalue weighted by Gasteiger charge is 2.21. The number of carbonyl (C=O) groups excluding carboxylic acids is 1. The van der Waals surface area contributed by atoms with Crippen LogP contribution in [0, 0.1) is 10.1 Å². The van der Waals surface area contributed by atoms with E-state index in [-0.39, 0.29) is 6.54 Å². The summed E-state index contributed by atoms with van der Waals surface area (Å²) in [7, 11) is 1.52. The molecule has 0 atom stereocenters. The molecule has 1 rings (SSSR count). The van der Waals surface area contributed by atoms with Crippen molar-refractivity contribution in [2.24, 2.45) is 5.73 Å². The molecule has 8 heteroatoms. The number of carboxylic acid groups (broad SMARTS) is 1. The molecule has 0 heterocycles. The summed E-state index contributed by atoms with van der Waals surface area (Å²) in [6.07, 6.45) is 0. The Balaban J connectivity index is 3.18. The van der Waals surface area contributed by atoms with E-state index in [1.54, 1.807) is 0 Å². The smallest absolute Gasteiger partial charge is 0.342 e. The summed E-state index contributed by atoms with van der Waals surface area (Å²) in [4.78, 5) is 32.9. The fourth-order valence-corrected chi connectivity index (χ4v) is 1.41. The molecule has 0 aliphatic rings. The SMILES string of the molecule is CN(CC(N)=O)c1ccc(C(=O)O)c([N+](=O)[O-])c1. The van der Waals surface area contributed by atoms with Gasteiger partial charge in [0.2, 0.25) is 5.91 Å². The Hall–Kier alpha value is -2.64. The third kappa shape index (κ3) is 2.94. The summed E-state index contributed by atoms with van der Waals surface area (Å²) in [6.45, 7) is -0.121. The van der Waals surface area contributed by atoms with Gasteiger partial charge >= 0.3 is 5.97 Å². The van der Waals surface area contributed by atoms with Crippen LogP contribution >= 0.6 is 0 Å². The number of nitrogens with zero attached hydrogens (tertiary/aromatic N) is 2. The van der Waals surface area contributed by atoms with Crippen LogP contribution < -0.4 is 10.6 Å². The number of carboxylic acids is 1. The topological polar surface area (TPSA) is 127 Å². The number of hydrogen-bond donors (Lipinski definition) is 2. The number of carbonyl (C=O) groups is 2. The molecule has 0 bridgehead atoms. The lowest BCUT2D eigenvalue weighted by Gasteiger charge is -2.17. The number of amides is 1. The minimum absolute atomic E-state index is 0.121. The Labute approximate surface area is 102 Å². The summed E-state index contributed by atoms with van der Waals surface area (Å²) >= 11 is 0. The third-order valence-electron chi connectivity index (χ3n) is 2.24. The standard InChI is InChI=1S/C10H11N3O5/c1-12(5-9(11)14)6-2-3-7(10(15)16)8(4-6)13(17)18/h2-4H,5H2,1H3,(H2,11,14)(H,15,16). The predicted molar refractivity (Wildman–Crippen MR) is 62.5 cm³/mol. The van der Waals surface area contributed by atoms with E-state index in [1.807, 2.05) is 0 Å². The van der Waals surface area contributed by atoms with Crippen LogP contribution in [0.3, 0.4) is 0 Å². The first-order valence-corrected chi connectivity index (χ1v) is 4.84. The second kappa shape index (κ2) is 5.13. The van der Waals surface area contributed by atoms with Gasteiger partial charge in [-0.05, 0) is 12.1 Å². The molecule has 96 valence electrons. The predicted octanol–water partition coefficient (Wildman–Crippen LogP) is 0.214. The molecule has 0 saturated heterocycles. The van der Waals surface area contributed by atoms with Crippen molar-refractivity contribution in [3.8, 4) is 0 Å². The van der Waals surface area contributed by atoms with Crippen molar-refractivity contribution < 1.29 is 19.6 Å². The molecule has 0 spiro atoms. The van der Waals surface area contributed by atoms with E-state index in [0.29, 0.717) is 5.69 Å². The summed E-state index contributed by atoms with van der Waals surface area (Å²) in [5, 5.41) is 19.6. The summed E-state index contributed by atoms with van der Waals surface area (Å²) in [5.41, 5.74) is 4.40. The zero-order valence-corrected chi connectivity index (χ0v) is 9.49. The van der Waals surface area contributed by atoms with Crippen molar-refractivity contribution in [3.63, 3.8) is 0 Å². The lowest BCUT2D eigenvalue weighted by atomic mass is 10.1. The van der Waals surface area contributed by atoms with Crippen molar-refractivity contribution in [1.29, 1.82) is 0 Å². The number of aromatic carboxylic acids is 1. The fraction of sp³-hybridized carbons (Fsp3) is 0.200. The van der Waals surface area contributed by atoms with E-state index in [1.165, 1.54) is 18.0 Å². The maximum absolute atomic E-state index is 10.8. The first-order chi connectivity index (χ1) is 8.32. The van der Waals surface area contributed by atoms with Crippen molar-refractivity contribution in [3.05, 3.63) is 33.9 Å². The highest BCUT2D eigenvalue weighted by atomic mass is 16.6. The first-order valence-electron chi connectivity index (χ1n) is 4.84. The number of primary amides is 1. The number of nitro benzene ring substituents is 1. The normalized spacial score (nSPS) is 9.83. The number of rotatable bonds is 5. The van der Waals surface area contributed by atoms with E-state index in [0.717, 1.165) is 12.1 Å². The molecule has 0 fully saturated rings. The maximum atomic E-state index is 10.8. The van der Waals surface area contributed by atoms with Gasteiger partial charge in [-0.25, -0.2) is 4.79 Å². The Bertz CT molecular complexity index is 514. The highest BCUT2D eigenvalue weighted by Crippen LogP contribution is 2.25. The number of nitro groups is 1. The van der Waals surface area contributed by atoms with Gasteiger partial charge in [0.15, 0.2) is 0 Å². The van der Waals surface area contributed by atoms with Crippen LogP contribution in [0.25, 0.3) is 0 Å². The fourth-order valence-electron chi connectivity index (χ4n) is 1.41. The second-order valence-electron chi connectivity index (χ2n) is 3.59. The summed E-state index contributed by atoms with van der Waals surface area (Å²) < 4.78 is 0. The van der Waals surface area contributed by atoms with E-state index >= 15 is 0 Å². The minimum Gasteiger partial charge on any atom is -0.477 e. The first kappa shape index (κ1) is 13.4. The molecule has 0 aromatic heterocycles. The molecule has 1 aromatic rings. The van der Waals surface area contributed by atoms with Crippen molar-refractivity contribution >= 4 is 23.3 Å². The Morgan fingerprint density at radius 2 is 2.11 bits per heavy atom. The molecular weight excluding hydrogens is 242 g/mol. The zero-order valence-electron chi connectivity index (χ0n) is 9.49. The van der Waals surface area contributed by atoms with Crippen LogP contribution in [-0.4, -0.2) is 35.5 Å². The van der Waals surface area contributed by atoms with Gasteiger partial charge in [-0.3, -0.25) is 14.9 Å². The molecule has 0 aliphatic carbocycles. The van der Waals surface area contributed by atoms with Crippen LogP contribution in [0.2, 0.25) is 0 Å². The lowest BCUT2D eigenvalue weighted by Crippen LogP contribution is -2.30. The second-order valence-corrected chi connectivity index (χ2v) is 3.59. The zero-order chi connectivity index (χ0) is 13.9. The average Bonchev–Trinajstić information content (AvgIpc) is 2.26. The van der Waals surface area contributed by atoms with Gasteiger partial charge in [-0.15, -0.1) is 0 Å². The van der Waals surface area contributed by atoms with E-state index in [2.05, 4.69) is 0 Å². The number of anilines is 1. The quantitative estimate of drug-likeness (QED) is 0.570. The number of hydrogen-bond acceptors (Lipinski definition) is 5. The van der Waals surface area contributed by atoms with Crippen LogP contribution in [0.1, 0.15) is 10.4 Å². The molecular formula is C10H11N3O5. The van der Waals surface area contributed by atoms with Crippen LogP contribution in [0.5, 0.6) is 0 Å². The monoisotopic (exact) mass is 253 g/mol. The van der Waals surface area contributed by atoms with Gasteiger partial charge in [-0.2, -0.15) is 0 Å². The maximum Gasteiger partial charge on any atom is 0.342 e. The van der Waals surface area contributed by atoms with E-state index in [4.69, 9.17) is 10.8 Å². The highest BCUT2D eigenvalue weighted by molar-refractivity contribution is 5.93. The van der Waals surface area contributed by atoms with Crippen molar-refractivity contribution in [2.75, 3.05) is 18.5 Å². The molecule has 0 unspecified atom stereocenters. The largest absolute Gasteiger partial charge is 0.477 e. The number of likely N-dealkylation sites (N-methyl/N-ethyl adjacent to an activating group) is 1. The molecule has 0 saturated carbocycles.